The number of aromatic nitrogens is 2. The van der Waals surface area contributed by atoms with Crippen LogP contribution in [0, 0.1) is 0 Å². The smallest absolute Gasteiger partial charge is 0.233 e. The Morgan fingerprint density at radius 1 is 0.886 bits per heavy atom. The molecule has 2 aromatic carbocycles. The lowest BCUT2D eigenvalue weighted by atomic mass is 10.0. The van der Waals surface area contributed by atoms with Crippen LogP contribution < -0.4 is 0 Å². The number of thioether (sulfide) groups is 1. The maximum Gasteiger partial charge on any atom is 0.233 e. The average molecular weight is 489 g/mol. The summed E-state index contributed by atoms with van der Waals surface area (Å²) >= 11 is 1.40. The van der Waals surface area contributed by atoms with Crippen molar-refractivity contribution in [1.29, 1.82) is 0 Å². The summed E-state index contributed by atoms with van der Waals surface area (Å²) in [7, 11) is 0. The second kappa shape index (κ2) is 12.0. The lowest BCUT2D eigenvalue weighted by molar-refractivity contribution is -0.141. The van der Waals surface area contributed by atoms with Crippen LogP contribution >= 0.6 is 11.8 Å². The fraction of sp³-hybridized carbons (Fsp3) is 0.357. The summed E-state index contributed by atoms with van der Waals surface area (Å²) in [5.74, 6) is 0.590. The van der Waals surface area contributed by atoms with Gasteiger partial charge >= 0.3 is 0 Å². The minimum atomic E-state index is 0.0504. The van der Waals surface area contributed by atoms with E-state index in [-0.39, 0.29) is 17.9 Å². The number of hydrogen-bond acceptors (Lipinski definition) is 5. The van der Waals surface area contributed by atoms with Crippen LogP contribution in [0.15, 0.2) is 71.8 Å². The Labute approximate surface area is 211 Å². The van der Waals surface area contributed by atoms with Crippen LogP contribution in [0.25, 0.3) is 22.4 Å². The lowest BCUT2D eigenvalue weighted by Crippen LogP contribution is -2.55. The minimum Gasteiger partial charge on any atom is -0.338 e. The third-order valence-corrected chi connectivity index (χ3v) is 7.22. The molecular formula is C28H32N4O2S. The molecule has 1 aliphatic rings. The van der Waals surface area contributed by atoms with Crippen LogP contribution in [0.1, 0.15) is 33.1 Å². The van der Waals surface area contributed by atoms with Crippen molar-refractivity contribution in [3.05, 3.63) is 66.7 Å². The Balaban J connectivity index is 1.28. The van der Waals surface area contributed by atoms with Gasteiger partial charge in [-0.2, -0.15) is 0 Å². The molecule has 6 nitrogen and oxygen atoms in total. The molecule has 182 valence electrons. The predicted molar refractivity (Wildman–Crippen MR) is 141 cm³/mol. The van der Waals surface area contributed by atoms with Gasteiger partial charge in [-0.25, -0.2) is 0 Å². The van der Waals surface area contributed by atoms with E-state index in [1.54, 1.807) is 0 Å². The van der Waals surface area contributed by atoms with Crippen LogP contribution in [0.2, 0.25) is 0 Å². The molecule has 0 bridgehead atoms. The standard InChI is InChI=1S/C28H32N4O2S/c1-3-4-10-27(33)32-18-17-31(19-21(32)2)28(34)20-35-26-16-15-25(29-30-26)24-13-11-23(12-14-24)22-8-6-5-7-9-22/h5-9,11-16,21H,3-4,10,17-20H2,1-2H3. The molecule has 0 saturated carbocycles. The Bertz CT molecular complexity index is 1120. The Kier molecular flexibility index (Phi) is 8.53. The zero-order valence-electron chi connectivity index (χ0n) is 20.4. The third kappa shape index (κ3) is 6.48. The molecule has 3 aromatic rings. The van der Waals surface area contributed by atoms with Gasteiger partial charge in [0.1, 0.15) is 5.03 Å². The molecule has 2 amide bonds. The zero-order chi connectivity index (χ0) is 24.6. The van der Waals surface area contributed by atoms with Crippen LogP contribution in [0.3, 0.4) is 0 Å². The minimum absolute atomic E-state index is 0.0504. The van der Waals surface area contributed by atoms with Crippen LogP contribution in [-0.2, 0) is 9.59 Å². The monoisotopic (exact) mass is 488 g/mol. The second-order valence-corrected chi connectivity index (χ2v) is 9.86. The largest absolute Gasteiger partial charge is 0.338 e. The summed E-state index contributed by atoms with van der Waals surface area (Å²) in [5.41, 5.74) is 4.15. The van der Waals surface area contributed by atoms with Gasteiger partial charge < -0.3 is 9.80 Å². The van der Waals surface area contributed by atoms with Crippen molar-refractivity contribution in [2.24, 2.45) is 0 Å². The molecule has 1 saturated heterocycles. The Hall–Kier alpha value is -3.19. The normalized spacial score (nSPS) is 15.8. The molecule has 4 rings (SSSR count). The number of piperazine rings is 1. The summed E-state index contributed by atoms with van der Waals surface area (Å²) < 4.78 is 0. The quantitative estimate of drug-likeness (QED) is 0.410. The van der Waals surface area contributed by atoms with Crippen LogP contribution in [0.5, 0.6) is 0 Å². The maximum absolute atomic E-state index is 12.8. The molecule has 7 heteroatoms. The average Bonchev–Trinajstić information content (AvgIpc) is 2.91. The van der Waals surface area contributed by atoms with E-state index in [0.717, 1.165) is 34.7 Å². The highest BCUT2D eigenvalue weighted by Crippen LogP contribution is 2.25. The second-order valence-electron chi connectivity index (χ2n) is 8.87. The number of carbonyl (C=O) groups excluding carboxylic acids is 2. The first kappa shape index (κ1) is 24.9. The van der Waals surface area contributed by atoms with Crippen LogP contribution in [-0.4, -0.2) is 63.2 Å². The molecule has 1 fully saturated rings. The van der Waals surface area contributed by atoms with Crippen LogP contribution in [0.4, 0.5) is 0 Å². The van der Waals surface area contributed by atoms with E-state index < -0.39 is 0 Å². The molecule has 1 atom stereocenters. The molecule has 1 aromatic heterocycles. The van der Waals surface area contributed by atoms with Crippen molar-refractivity contribution in [3.63, 3.8) is 0 Å². The van der Waals surface area contributed by atoms with Gasteiger partial charge in [-0.3, -0.25) is 9.59 Å². The molecule has 2 heterocycles. The number of unbranched alkanes of at least 4 members (excludes halogenated alkanes) is 1. The molecular weight excluding hydrogens is 456 g/mol. The van der Waals surface area contributed by atoms with Gasteiger partial charge in [0, 0.05) is 37.7 Å². The van der Waals surface area contributed by atoms with Gasteiger partial charge in [0.25, 0.3) is 0 Å². The van der Waals surface area contributed by atoms with Crippen molar-refractivity contribution < 1.29 is 9.59 Å². The summed E-state index contributed by atoms with van der Waals surface area (Å²) in [6.07, 6.45) is 2.52. The highest BCUT2D eigenvalue weighted by molar-refractivity contribution is 7.99. The number of hydrogen-bond donors (Lipinski definition) is 0. The third-order valence-electron chi connectivity index (χ3n) is 6.32. The molecule has 0 N–H and O–H groups in total. The number of nitrogens with zero attached hydrogens (tertiary/aromatic N) is 4. The highest BCUT2D eigenvalue weighted by Gasteiger charge is 2.29. The highest BCUT2D eigenvalue weighted by atomic mass is 32.2. The van der Waals surface area contributed by atoms with Crippen molar-refractivity contribution in [2.45, 2.75) is 44.2 Å². The summed E-state index contributed by atoms with van der Waals surface area (Å²) in [6, 6.07) is 22.5. The maximum atomic E-state index is 12.8. The van der Waals surface area contributed by atoms with Crippen molar-refractivity contribution in [3.8, 4) is 22.4 Å². The van der Waals surface area contributed by atoms with Gasteiger partial charge in [-0.15, -0.1) is 10.2 Å². The SMILES string of the molecule is CCCCC(=O)N1CCN(C(=O)CSc2ccc(-c3ccc(-c4ccccc4)cc3)nn2)CC1C. The molecule has 1 unspecified atom stereocenters. The Morgan fingerprint density at radius 3 is 2.26 bits per heavy atom. The van der Waals surface area contributed by atoms with E-state index in [9.17, 15) is 9.59 Å². The van der Waals surface area contributed by atoms with E-state index in [1.807, 2.05) is 47.1 Å². The van der Waals surface area contributed by atoms with Gasteiger partial charge in [0.15, 0.2) is 0 Å². The number of carbonyl (C=O) groups is 2. The van der Waals surface area contributed by atoms with Gasteiger partial charge in [-0.05, 0) is 36.6 Å². The molecule has 0 radical (unpaired) electrons. The van der Waals surface area contributed by atoms with Crippen molar-refractivity contribution >= 4 is 23.6 Å². The van der Waals surface area contributed by atoms with Crippen molar-refractivity contribution in [2.75, 3.05) is 25.4 Å². The first-order valence-electron chi connectivity index (χ1n) is 12.2. The Morgan fingerprint density at radius 2 is 1.60 bits per heavy atom. The predicted octanol–water partition coefficient (Wildman–Crippen LogP) is 5.15. The summed E-state index contributed by atoms with van der Waals surface area (Å²) in [4.78, 5) is 28.9. The number of amides is 2. The lowest BCUT2D eigenvalue weighted by Gasteiger charge is -2.40. The van der Waals surface area contributed by atoms with E-state index in [2.05, 4.69) is 53.5 Å². The summed E-state index contributed by atoms with van der Waals surface area (Å²) in [5, 5.41) is 9.41. The van der Waals surface area contributed by atoms with Gasteiger partial charge in [0.2, 0.25) is 11.8 Å². The molecule has 0 spiro atoms. The topological polar surface area (TPSA) is 66.4 Å². The van der Waals surface area contributed by atoms with E-state index in [4.69, 9.17) is 0 Å². The molecule has 35 heavy (non-hydrogen) atoms. The number of benzene rings is 2. The fourth-order valence-electron chi connectivity index (χ4n) is 4.27. The van der Waals surface area contributed by atoms with E-state index in [1.165, 1.54) is 17.3 Å². The first-order chi connectivity index (χ1) is 17.0. The van der Waals surface area contributed by atoms with E-state index in [0.29, 0.717) is 31.8 Å². The molecule has 0 aliphatic carbocycles. The molecule has 1 aliphatic heterocycles. The van der Waals surface area contributed by atoms with Crippen molar-refractivity contribution in [1.82, 2.24) is 20.0 Å². The van der Waals surface area contributed by atoms with Gasteiger partial charge in [0.05, 0.1) is 11.4 Å². The zero-order valence-corrected chi connectivity index (χ0v) is 21.2. The van der Waals surface area contributed by atoms with Gasteiger partial charge in [-0.1, -0.05) is 79.7 Å². The van der Waals surface area contributed by atoms with E-state index >= 15 is 0 Å². The summed E-state index contributed by atoms with van der Waals surface area (Å²) in [6.45, 7) is 5.89. The number of rotatable bonds is 8. The fourth-order valence-corrected chi connectivity index (χ4v) is 4.99. The first-order valence-corrected chi connectivity index (χ1v) is 13.2.